The van der Waals surface area contributed by atoms with E-state index in [0.717, 1.165) is 0 Å². The number of nitrogens with one attached hydrogen (secondary N) is 2. The predicted molar refractivity (Wildman–Crippen MR) is 169 cm³/mol. The maximum Gasteiger partial charge on any atom is 0.393 e. The Hall–Kier alpha value is -3.28. The van der Waals surface area contributed by atoms with Crippen molar-refractivity contribution in [3.05, 3.63) is 32.0 Å². The van der Waals surface area contributed by atoms with Crippen molar-refractivity contribution >= 4 is 56.4 Å². The van der Waals surface area contributed by atoms with Gasteiger partial charge in [-0.05, 0) is 74.3 Å². The van der Waals surface area contributed by atoms with Crippen molar-refractivity contribution in [3.8, 4) is 0 Å². The summed E-state index contributed by atoms with van der Waals surface area (Å²) in [5.41, 5.74) is -0.238. The molecule has 0 aliphatic heterocycles. The third kappa shape index (κ3) is 7.10. The van der Waals surface area contributed by atoms with E-state index in [1.807, 2.05) is 13.8 Å². The fraction of sp³-hybridized carbons (Fsp3) is 0.625. The molecule has 278 valence electrons. The molecule has 2 atom stereocenters. The van der Waals surface area contributed by atoms with Gasteiger partial charge in [-0.3, -0.25) is 9.59 Å². The fourth-order valence-electron chi connectivity index (χ4n) is 5.69. The molecule has 8 nitrogen and oxygen atoms in total. The van der Waals surface area contributed by atoms with Crippen molar-refractivity contribution in [1.29, 1.82) is 0 Å². The molecule has 2 aliphatic carbocycles. The van der Waals surface area contributed by atoms with Gasteiger partial charge in [0.05, 0.1) is 24.3 Å². The maximum atomic E-state index is 15.1. The third-order valence-electron chi connectivity index (χ3n) is 8.51. The summed E-state index contributed by atoms with van der Waals surface area (Å²) in [7, 11) is 0. The Bertz CT molecular complexity index is 1520. The number of carbonyl (C=O) groups is 4. The number of carbonyl (C=O) groups excluding carboxylic acids is 4. The second-order valence-electron chi connectivity index (χ2n) is 12.6. The molecule has 2 aromatic heterocycles. The predicted octanol–water partition coefficient (Wildman–Crippen LogP) is 8.31. The first-order valence-corrected chi connectivity index (χ1v) is 17.6. The lowest BCUT2D eigenvalue weighted by Gasteiger charge is -2.35. The van der Waals surface area contributed by atoms with Crippen molar-refractivity contribution in [2.24, 2.45) is 11.8 Å². The molecule has 0 saturated heterocycles. The second kappa shape index (κ2) is 14.8. The Morgan fingerprint density at radius 3 is 1.32 bits per heavy atom. The van der Waals surface area contributed by atoms with Crippen LogP contribution in [-0.4, -0.2) is 60.7 Å². The number of ether oxygens (including phenoxy) is 2. The maximum absolute atomic E-state index is 15.1. The quantitative estimate of drug-likeness (QED) is 0.157. The Balaban J connectivity index is 1.63. The Kier molecular flexibility index (Phi) is 11.7. The number of hydrogen-bond acceptors (Lipinski definition) is 8. The number of rotatable bonds is 13. The molecule has 2 aromatic rings. The van der Waals surface area contributed by atoms with Crippen LogP contribution in [0.4, 0.5) is 45.1 Å². The summed E-state index contributed by atoms with van der Waals surface area (Å²) in [5.74, 6) is -35.7. The van der Waals surface area contributed by atoms with E-state index in [4.69, 9.17) is 9.47 Å². The summed E-state index contributed by atoms with van der Waals surface area (Å²) in [6.07, 6.45) is 2.87. The number of thiophene rings is 2. The largest absolute Gasteiger partial charge is 0.462 e. The number of amides is 2. The monoisotopic (exact) mass is 760 g/mol. The smallest absolute Gasteiger partial charge is 0.393 e. The van der Waals surface area contributed by atoms with Crippen molar-refractivity contribution in [1.82, 2.24) is 0 Å². The molecule has 2 heterocycles. The van der Waals surface area contributed by atoms with E-state index < -0.39 is 68.6 Å². The minimum absolute atomic E-state index is 0.0586. The number of halogens is 8. The van der Waals surface area contributed by atoms with Gasteiger partial charge < -0.3 is 20.1 Å². The number of alkyl halides is 8. The molecule has 0 aromatic carbocycles. The normalized spacial score (nSPS) is 18.2. The van der Waals surface area contributed by atoms with Crippen LogP contribution in [0.15, 0.2) is 0 Å². The first-order valence-electron chi connectivity index (χ1n) is 16.0. The first-order chi connectivity index (χ1) is 23.2. The van der Waals surface area contributed by atoms with Crippen LogP contribution in [-0.2, 0) is 44.7 Å². The molecule has 0 fully saturated rings. The van der Waals surface area contributed by atoms with Crippen LogP contribution < -0.4 is 10.6 Å². The van der Waals surface area contributed by atoms with Gasteiger partial charge in [0.1, 0.15) is 10.0 Å². The highest BCUT2D eigenvalue weighted by Gasteiger charge is 2.84. The highest BCUT2D eigenvalue weighted by atomic mass is 32.1. The molecule has 2 amide bonds. The van der Waals surface area contributed by atoms with Crippen LogP contribution in [0.3, 0.4) is 0 Å². The first kappa shape index (κ1) is 39.5. The zero-order valence-electron chi connectivity index (χ0n) is 27.5. The molecule has 0 spiro atoms. The van der Waals surface area contributed by atoms with Crippen molar-refractivity contribution in [3.63, 3.8) is 0 Å². The summed E-state index contributed by atoms with van der Waals surface area (Å²) in [6.45, 7) is 6.73. The number of hydrogen-bond donors (Lipinski definition) is 2. The summed E-state index contributed by atoms with van der Waals surface area (Å²) < 4.78 is 131. The molecule has 50 heavy (non-hydrogen) atoms. The van der Waals surface area contributed by atoms with Crippen LogP contribution in [0.1, 0.15) is 95.0 Å². The lowest BCUT2D eigenvalue weighted by Crippen LogP contribution is -2.67. The van der Waals surface area contributed by atoms with E-state index in [9.17, 15) is 19.2 Å². The summed E-state index contributed by atoms with van der Waals surface area (Å²) in [6, 6.07) is 0. The van der Waals surface area contributed by atoms with E-state index in [0.29, 0.717) is 82.1 Å². The van der Waals surface area contributed by atoms with Crippen molar-refractivity contribution < 1.29 is 63.8 Å². The van der Waals surface area contributed by atoms with Gasteiger partial charge in [-0.25, -0.2) is 9.59 Å². The van der Waals surface area contributed by atoms with E-state index >= 15 is 35.1 Å². The lowest BCUT2D eigenvalue weighted by molar-refractivity contribution is -0.345. The number of esters is 2. The Morgan fingerprint density at radius 1 is 0.660 bits per heavy atom. The van der Waals surface area contributed by atoms with Crippen LogP contribution in [0.25, 0.3) is 0 Å². The standard InChI is InChI=1S/C32H36F8N2O6S2/c1-5-11-47-25(43)21-17-9-7-15(3)13-19(17)49-23(21)41-27(45)29(33,34)31(37,38)32(39,40)30(35,36)28(46)42-24-22(26(44)48-12-6-2)18-10-8-16(4)14-20(18)50-24/h15-16H,5-14H2,1-4H3,(H,41,45)(H,42,46). The van der Waals surface area contributed by atoms with Crippen molar-refractivity contribution in [2.45, 2.75) is 103 Å². The molecular weight excluding hydrogens is 724 g/mol. The average molecular weight is 761 g/mol. The average Bonchev–Trinajstić information content (AvgIpc) is 3.58. The number of fused-ring (bicyclic) bond motifs is 2. The summed E-state index contributed by atoms with van der Waals surface area (Å²) in [5, 5.41) is 1.34. The second-order valence-corrected chi connectivity index (χ2v) is 14.8. The summed E-state index contributed by atoms with van der Waals surface area (Å²) >= 11 is 1.15. The highest BCUT2D eigenvalue weighted by Crippen LogP contribution is 2.54. The minimum atomic E-state index is -7.16. The molecule has 0 saturated carbocycles. The zero-order chi connectivity index (χ0) is 37.4. The van der Waals surface area contributed by atoms with Crippen LogP contribution >= 0.6 is 22.7 Å². The van der Waals surface area contributed by atoms with Gasteiger partial charge in [0.2, 0.25) is 0 Å². The van der Waals surface area contributed by atoms with Crippen molar-refractivity contribution in [2.75, 3.05) is 23.8 Å². The molecule has 2 aliphatic rings. The molecule has 4 rings (SSSR count). The van der Waals surface area contributed by atoms with Gasteiger partial charge in [-0.15, -0.1) is 22.7 Å². The molecule has 18 heteroatoms. The third-order valence-corrected chi connectivity index (χ3v) is 10.9. The van der Waals surface area contributed by atoms with Gasteiger partial charge in [-0.2, -0.15) is 35.1 Å². The van der Waals surface area contributed by atoms with E-state index in [1.165, 1.54) is 10.6 Å². The van der Waals surface area contributed by atoms with Gasteiger partial charge >= 0.3 is 47.4 Å². The van der Waals surface area contributed by atoms with E-state index in [-0.39, 0.29) is 37.9 Å². The van der Waals surface area contributed by atoms with E-state index in [2.05, 4.69) is 0 Å². The molecule has 0 bridgehead atoms. The Labute approximate surface area is 290 Å². The topological polar surface area (TPSA) is 111 Å². The SMILES string of the molecule is CCCOC(=O)c1c(NC(=O)C(F)(F)C(F)(F)C(F)(F)C(F)(F)C(=O)Nc2sc3c(c2C(=O)OCCC)CCC(C)C3)sc2c1CCC(C)C2. The lowest BCUT2D eigenvalue weighted by atomic mass is 9.88. The van der Waals surface area contributed by atoms with Gasteiger partial charge in [0.25, 0.3) is 0 Å². The molecule has 0 radical (unpaired) electrons. The summed E-state index contributed by atoms with van der Waals surface area (Å²) in [4.78, 5) is 51.7. The Morgan fingerprint density at radius 2 is 1.00 bits per heavy atom. The zero-order valence-corrected chi connectivity index (χ0v) is 29.1. The molecule has 2 N–H and O–H groups in total. The van der Waals surface area contributed by atoms with Gasteiger partial charge in [0.15, 0.2) is 0 Å². The minimum Gasteiger partial charge on any atom is -0.462 e. The van der Waals surface area contributed by atoms with Crippen LogP contribution in [0, 0.1) is 11.8 Å². The highest BCUT2D eigenvalue weighted by molar-refractivity contribution is 7.17. The molecule has 2 unspecified atom stereocenters. The van der Waals surface area contributed by atoms with Gasteiger partial charge in [0, 0.05) is 9.75 Å². The fourth-order valence-corrected chi connectivity index (χ4v) is 8.47. The van der Waals surface area contributed by atoms with E-state index in [1.54, 1.807) is 13.8 Å². The van der Waals surface area contributed by atoms with Crippen LogP contribution in [0.5, 0.6) is 0 Å². The van der Waals surface area contributed by atoms with Gasteiger partial charge in [-0.1, -0.05) is 27.7 Å². The van der Waals surface area contributed by atoms with Crippen LogP contribution in [0.2, 0.25) is 0 Å². The molecular formula is C32H36F8N2O6S2. The number of anilines is 2.